The topological polar surface area (TPSA) is 78.8 Å². The second-order valence-electron chi connectivity index (χ2n) is 4.81. The number of nitrogens with one attached hydrogen (secondary N) is 1. The third kappa shape index (κ3) is 2.31. The van der Waals surface area contributed by atoms with Gasteiger partial charge < -0.3 is 20.3 Å². The monoisotopic (exact) mass is 349 g/mol. The summed E-state index contributed by atoms with van der Waals surface area (Å²) in [7, 11) is 0. The number of carboxylic acid groups (broad SMARTS) is 1. The molecule has 1 unspecified atom stereocenters. The number of carboxylic acids is 1. The number of fused-ring (bicyclic) bond motifs is 1. The van der Waals surface area contributed by atoms with Crippen LogP contribution in [0.4, 0.5) is 5.69 Å². The number of ether oxygens (including phenoxy) is 1. The summed E-state index contributed by atoms with van der Waals surface area (Å²) in [6.45, 7) is -0.0445. The van der Waals surface area contributed by atoms with E-state index in [0.29, 0.717) is 17.0 Å². The third-order valence-electron chi connectivity index (χ3n) is 3.44. The van der Waals surface area contributed by atoms with Crippen molar-refractivity contribution in [3.05, 3.63) is 52.5 Å². The van der Waals surface area contributed by atoms with Gasteiger partial charge in [-0.15, -0.1) is 0 Å². The average Bonchev–Trinajstić information content (AvgIpc) is 2.81. The van der Waals surface area contributed by atoms with Crippen LogP contribution in [0.3, 0.4) is 0 Å². The Hall–Kier alpha value is -2.21. The van der Waals surface area contributed by atoms with Gasteiger partial charge in [-0.25, -0.2) is 4.79 Å². The minimum Gasteiger partial charge on any atom is -0.508 e. The quantitative estimate of drug-likeness (QED) is 0.793. The molecule has 0 saturated heterocycles. The van der Waals surface area contributed by atoms with Gasteiger partial charge in [-0.3, -0.25) is 0 Å². The van der Waals surface area contributed by atoms with E-state index in [4.69, 9.17) is 4.74 Å². The minimum atomic E-state index is -1.36. The van der Waals surface area contributed by atoms with Crippen LogP contribution in [0.2, 0.25) is 0 Å². The highest BCUT2D eigenvalue weighted by atomic mass is 79.9. The van der Waals surface area contributed by atoms with Gasteiger partial charge in [0.1, 0.15) is 18.1 Å². The zero-order valence-electron chi connectivity index (χ0n) is 10.8. The molecule has 5 nitrogen and oxygen atoms in total. The van der Waals surface area contributed by atoms with E-state index >= 15 is 0 Å². The molecule has 108 valence electrons. The second kappa shape index (κ2) is 4.96. The van der Waals surface area contributed by atoms with Crippen molar-refractivity contribution in [3.8, 4) is 11.5 Å². The van der Waals surface area contributed by atoms with Gasteiger partial charge in [0.25, 0.3) is 0 Å². The molecular weight excluding hydrogens is 338 g/mol. The van der Waals surface area contributed by atoms with Crippen LogP contribution in [0.15, 0.2) is 46.9 Å². The lowest BCUT2D eigenvalue weighted by molar-refractivity contribution is -0.143. The predicted molar refractivity (Wildman–Crippen MR) is 80.7 cm³/mol. The van der Waals surface area contributed by atoms with Crippen LogP contribution in [0.25, 0.3) is 0 Å². The van der Waals surface area contributed by atoms with Crippen molar-refractivity contribution in [1.29, 1.82) is 0 Å². The number of benzene rings is 2. The molecule has 2 aromatic carbocycles. The van der Waals surface area contributed by atoms with E-state index in [0.717, 1.165) is 4.47 Å². The molecule has 2 aromatic rings. The first-order valence-corrected chi connectivity index (χ1v) is 7.04. The van der Waals surface area contributed by atoms with Gasteiger partial charge in [0.2, 0.25) is 0 Å². The van der Waals surface area contributed by atoms with Crippen molar-refractivity contribution in [2.24, 2.45) is 0 Å². The molecule has 1 aliphatic heterocycles. The van der Waals surface area contributed by atoms with Gasteiger partial charge in [0.15, 0.2) is 5.54 Å². The van der Waals surface area contributed by atoms with E-state index in [1.807, 2.05) is 12.1 Å². The molecule has 0 amide bonds. The van der Waals surface area contributed by atoms with E-state index in [1.165, 1.54) is 12.1 Å². The van der Waals surface area contributed by atoms with Crippen molar-refractivity contribution in [1.82, 2.24) is 0 Å². The summed E-state index contributed by atoms with van der Waals surface area (Å²) in [4.78, 5) is 11.8. The van der Waals surface area contributed by atoms with Crippen molar-refractivity contribution in [3.63, 3.8) is 0 Å². The number of hydrogen-bond donors (Lipinski definition) is 3. The molecule has 0 saturated carbocycles. The van der Waals surface area contributed by atoms with E-state index < -0.39 is 11.5 Å². The fourth-order valence-corrected chi connectivity index (χ4v) is 2.62. The molecule has 0 aliphatic carbocycles. The molecule has 0 spiro atoms. The molecule has 3 rings (SSSR count). The molecule has 21 heavy (non-hydrogen) atoms. The van der Waals surface area contributed by atoms with E-state index in [-0.39, 0.29) is 12.4 Å². The Kier molecular flexibility index (Phi) is 3.25. The lowest BCUT2D eigenvalue weighted by atomic mass is 9.91. The minimum absolute atomic E-state index is 0.0404. The molecule has 3 N–H and O–H groups in total. The summed E-state index contributed by atoms with van der Waals surface area (Å²) < 4.78 is 6.35. The summed E-state index contributed by atoms with van der Waals surface area (Å²) in [5.74, 6) is -0.615. The normalized spacial score (nSPS) is 19.7. The number of phenolic OH excluding ortho intramolecular Hbond substituents is 1. The van der Waals surface area contributed by atoms with Gasteiger partial charge >= 0.3 is 5.97 Å². The number of aromatic hydroxyl groups is 1. The fraction of sp³-hybridized carbons (Fsp3) is 0.133. The summed E-state index contributed by atoms with van der Waals surface area (Å²) in [6, 6.07) is 11.7. The maximum atomic E-state index is 11.8. The molecule has 0 aromatic heterocycles. The van der Waals surface area contributed by atoms with E-state index in [2.05, 4.69) is 21.2 Å². The zero-order valence-corrected chi connectivity index (χ0v) is 12.4. The predicted octanol–water partition coefficient (Wildman–Crippen LogP) is 2.94. The maximum absolute atomic E-state index is 11.8. The van der Waals surface area contributed by atoms with Crippen molar-refractivity contribution >= 4 is 27.6 Å². The molecule has 0 radical (unpaired) electrons. The molecule has 1 heterocycles. The molecule has 6 heteroatoms. The summed E-state index contributed by atoms with van der Waals surface area (Å²) >= 11 is 3.34. The highest BCUT2D eigenvalue weighted by Gasteiger charge is 2.48. The number of halogens is 1. The van der Waals surface area contributed by atoms with Crippen molar-refractivity contribution < 1.29 is 19.7 Å². The lowest BCUT2D eigenvalue weighted by Gasteiger charge is -2.25. The van der Waals surface area contributed by atoms with Crippen LogP contribution < -0.4 is 10.1 Å². The Balaban J connectivity index is 2.03. The van der Waals surface area contributed by atoms with Gasteiger partial charge in [-0.2, -0.15) is 0 Å². The first-order valence-electron chi connectivity index (χ1n) is 6.25. The SMILES string of the molecule is O=C(O)C1(Nc2ccc(Br)cc2)COc2cc(O)ccc21. The van der Waals surface area contributed by atoms with Gasteiger partial charge in [0.05, 0.1) is 0 Å². The highest BCUT2D eigenvalue weighted by molar-refractivity contribution is 9.10. The summed E-state index contributed by atoms with van der Waals surface area (Å²) in [5.41, 5.74) is -0.197. The highest BCUT2D eigenvalue weighted by Crippen LogP contribution is 2.41. The number of carbonyl (C=O) groups is 1. The van der Waals surface area contributed by atoms with Crippen molar-refractivity contribution in [2.45, 2.75) is 5.54 Å². The molecule has 1 aliphatic rings. The number of rotatable bonds is 3. The molecule has 0 bridgehead atoms. The Labute approximate surface area is 129 Å². The largest absolute Gasteiger partial charge is 0.508 e. The van der Waals surface area contributed by atoms with Crippen LogP contribution in [0.1, 0.15) is 5.56 Å². The van der Waals surface area contributed by atoms with Crippen LogP contribution in [0.5, 0.6) is 11.5 Å². The van der Waals surface area contributed by atoms with Gasteiger partial charge in [0, 0.05) is 21.8 Å². The summed E-state index contributed by atoms with van der Waals surface area (Å²) in [6.07, 6.45) is 0. The Morgan fingerprint density at radius 2 is 1.95 bits per heavy atom. The number of aliphatic carboxylic acids is 1. The Bertz CT molecular complexity index is 701. The Morgan fingerprint density at radius 1 is 1.24 bits per heavy atom. The van der Waals surface area contributed by atoms with E-state index in [9.17, 15) is 15.0 Å². The lowest BCUT2D eigenvalue weighted by Crippen LogP contribution is -2.45. The molecule has 1 atom stereocenters. The average molecular weight is 350 g/mol. The van der Waals surface area contributed by atoms with Crippen LogP contribution in [-0.4, -0.2) is 22.8 Å². The van der Waals surface area contributed by atoms with Crippen molar-refractivity contribution in [2.75, 3.05) is 11.9 Å². The fourth-order valence-electron chi connectivity index (χ4n) is 2.36. The Morgan fingerprint density at radius 3 is 2.62 bits per heavy atom. The maximum Gasteiger partial charge on any atom is 0.337 e. The van der Waals surface area contributed by atoms with Crippen LogP contribution in [-0.2, 0) is 10.3 Å². The van der Waals surface area contributed by atoms with Gasteiger partial charge in [-0.1, -0.05) is 15.9 Å². The number of phenols is 1. The van der Waals surface area contributed by atoms with Crippen LogP contribution >= 0.6 is 15.9 Å². The third-order valence-corrected chi connectivity index (χ3v) is 3.96. The second-order valence-corrected chi connectivity index (χ2v) is 5.73. The standard InChI is InChI=1S/C15H12BrNO4/c16-9-1-3-10(4-2-9)17-15(14(19)20)8-21-13-7-11(18)5-6-12(13)15/h1-7,17-18H,8H2,(H,19,20). The van der Waals surface area contributed by atoms with Crippen LogP contribution in [0, 0.1) is 0 Å². The number of hydrogen-bond acceptors (Lipinski definition) is 4. The zero-order chi connectivity index (χ0) is 15.0. The molecular formula is C15H12BrNO4. The summed E-state index contributed by atoms with van der Waals surface area (Å²) in [5, 5.41) is 22.2. The number of anilines is 1. The van der Waals surface area contributed by atoms with E-state index in [1.54, 1.807) is 18.2 Å². The smallest absolute Gasteiger partial charge is 0.337 e. The molecule has 0 fully saturated rings. The van der Waals surface area contributed by atoms with Gasteiger partial charge in [-0.05, 0) is 36.4 Å². The first-order chi connectivity index (χ1) is 10.0. The first kappa shape index (κ1) is 13.8.